The van der Waals surface area contributed by atoms with Crippen LogP contribution in [0.4, 0.5) is 5.82 Å². The average molecular weight is 447 g/mol. The van der Waals surface area contributed by atoms with Gasteiger partial charge in [-0.1, -0.05) is 29.8 Å². The lowest BCUT2D eigenvalue weighted by Crippen LogP contribution is -2.27. The minimum atomic E-state index is -0.346. The molecule has 2 N–H and O–H groups in total. The van der Waals surface area contributed by atoms with Gasteiger partial charge in [0.25, 0.3) is 5.56 Å². The van der Waals surface area contributed by atoms with Crippen molar-refractivity contribution in [1.29, 1.82) is 0 Å². The van der Waals surface area contributed by atoms with Gasteiger partial charge in [0, 0.05) is 29.8 Å². The number of aromatic amines is 1. The van der Waals surface area contributed by atoms with Crippen molar-refractivity contribution in [3.8, 4) is 5.69 Å². The van der Waals surface area contributed by atoms with Crippen molar-refractivity contribution in [2.24, 2.45) is 0 Å². The van der Waals surface area contributed by atoms with Gasteiger partial charge < -0.3 is 14.7 Å². The first-order valence-corrected chi connectivity index (χ1v) is 10.4. The van der Waals surface area contributed by atoms with E-state index in [1.165, 1.54) is 13.3 Å². The van der Waals surface area contributed by atoms with Crippen LogP contribution >= 0.6 is 11.6 Å². The standard InChI is InChI=1S/C23H19ClN6O2/c1-13(28-22-19-16(14(2)31)10-25-21(19)26-12-27-22)18-11-29-9-8-17(24)20(29)23(32)30(18)15-6-4-3-5-7-15/h3-13H,1-2H3,(H2,25,26,27,28). The molecule has 4 heterocycles. The van der Waals surface area contributed by atoms with Crippen molar-refractivity contribution >= 4 is 39.8 Å². The van der Waals surface area contributed by atoms with Crippen LogP contribution in [0.1, 0.15) is 35.9 Å². The lowest BCUT2D eigenvalue weighted by Gasteiger charge is -2.21. The third-order valence-electron chi connectivity index (χ3n) is 5.46. The minimum absolute atomic E-state index is 0.0913. The molecule has 5 rings (SSSR count). The van der Waals surface area contributed by atoms with Gasteiger partial charge in [0.15, 0.2) is 5.78 Å². The Kier molecular flexibility index (Phi) is 4.79. The average Bonchev–Trinajstić information content (AvgIpc) is 3.39. The van der Waals surface area contributed by atoms with Gasteiger partial charge in [-0.25, -0.2) is 9.97 Å². The fraction of sp³-hybridized carbons (Fsp3) is 0.130. The molecule has 8 nitrogen and oxygen atoms in total. The Hall–Kier alpha value is -3.91. The summed E-state index contributed by atoms with van der Waals surface area (Å²) in [7, 11) is 0. The monoisotopic (exact) mass is 446 g/mol. The lowest BCUT2D eigenvalue weighted by atomic mass is 10.1. The van der Waals surface area contributed by atoms with Crippen LogP contribution in [-0.2, 0) is 0 Å². The lowest BCUT2D eigenvalue weighted by molar-refractivity contribution is 0.101. The summed E-state index contributed by atoms with van der Waals surface area (Å²) in [5, 5.41) is 4.37. The number of anilines is 1. The fourth-order valence-electron chi connectivity index (χ4n) is 3.94. The number of aromatic nitrogens is 5. The van der Waals surface area contributed by atoms with Crippen molar-refractivity contribution < 1.29 is 4.79 Å². The van der Waals surface area contributed by atoms with Gasteiger partial charge in [-0.05, 0) is 32.0 Å². The van der Waals surface area contributed by atoms with Crippen molar-refractivity contribution in [1.82, 2.24) is 23.9 Å². The smallest absolute Gasteiger partial charge is 0.281 e. The Morgan fingerprint density at radius 3 is 2.72 bits per heavy atom. The largest absolute Gasteiger partial charge is 0.361 e. The van der Waals surface area contributed by atoms with Gasteiger partial charge in [-0.2, -0.15) is 0 Å². The first kappa shape index (κ1) is 20.0. The number of hydrogen-bond acceptors (Lipinski definition) is 5. The number of nitrogens with one attached hydrogen (secondary N) is 2. The Bertz CT molecular complexity index is 1530. The predicted molar refractivity (Wildman–Crippen MR) is 124 cm³/mol. The van der Waals surface area contributed by atoms with E-state index in [0.717, 1.165) is 5.69 Å². The quantitative estimate of drug-likeness (QED) is 0.390. The Morgan fingerprint density at radius 2 is 1.97 bits per heavy atom. The normalized spacial score (nSPS) is 12.3. The second kappa shape index (κ2) is 7.65. The second-order valence-corrected chi connectivity index (χ2v) is 7.93. The number of benzene rings is 1. The predicted octanol–water partition coefficient (Wildman–Crippen LogP) is 4.39. The zero-order valence-electron chi connectivity index (χ0n) is 17.3. The molecule has 1 atom stereocenters. The zero-order chi connectivity index (χ0) is 22.4. The number of Topliss-reactive ketones (excluding diaryl/α,β-unsaturated/α-hetero) is 1. The molecular formula is C23H19ClN6O2. The molecule has 160 valence electrons. The van der Waals surface area contributed by atoms with Crippen LogP contribution in [0.2, 0.25) is 5.02 Å². The number of nitrogens with zero attached hydrogens (tertiary/aromatic N) is 4. The van der Waals surface area contributed by atoms with Gasteiger partial charge in [0.2, 0.25) is 0 Å². The number of carbonyl (C=O) groups is 1. The number of rotatable bonds is 5. The van der Waals surface area contributed by atoms with E-state index in [9.17, 15) is 9.59 Å². The van der Waals surface area contributed by atoms with Gasteiger partial charge in [-0.3, -0.25) is 14.2 Å². The number of carbonyl (C=O) groups excluding carboxylic acids is 1. The molecular weight excluding hydrogens is 428 g/mol. The van der Waals surface area contributed by atoms with E-state index in [1.807, 2.05) is 43.5 Å². The van der Waals surface area contributed by atoms with E-state index >= 15 is 0 Å². The first-order chi connectivity index (χ1) is 15.5. The molecule has 32 heavy (non-hydrogen) atoms. The van der Waals surface area contributed by atoms with E-state index in [2.05, 4.69) is 20.3 Å². The van der Waals surface area contributed by atoms with Crippen LogP contribution in [0.25, 0.3) is 22.2 Å². The fourth-order valence-corrected chi connectivity index (χ4v) is 4.18. The van der Waals surface area contributed by atoms with Crippen molar-refractivity contribution in [3.63, 3.8) is 0 Å². The molecule has 0 aliphatic rings. The molecule has 0 fully saturated rings. The van der Waals surface area contributed by atoms with E-state index in [0.29, 0.717) is 38.6 Å². The second-order valence-electron chi connectivity index (χ2n) is 7.52. The number of hydrogen-bond donors (Lipinski definition) is 2. The number of halogens is 1. The van der Waals surface area contributed by atoms with E-state index in [1.54, 1.807) is 27.4 Å². The van der Waals surface area contributed by atoms with Gasteiger partial charge in [0.1, 0.15) is 23.3 Å². The molecule has 4 aromatic heterocycles. The molecule has 5 aromatic rings. The molecule has 0 aliphatic heterocycles. The molecule has 0 saturated heterocycles. The number of fused-ring (bicyclic) bond motifs is 2. The van der Waals surface area contributed by atoms with Gasteiger partial charge >= 0.3 is 0 Å². The summed E-state index contributed by atoms with van der Waals surface area (Å²) in [6.07, 6.45) is 6.69. The van der Waals surface area contributed by atoms with Crippen LogP contribution in [0.3, 0.4) is 0 Å². The van der Waals surface area contributed by atoms with Crippen LogP contribution in [-0.4, -0.2) is 29.7 Å². The molecule has 0 aliphatic carbocycles. The van der Waals surface area contributed by atoms with E-state index in [-0.39, 0.29) is 17.4 Å². The summed E-state index contributed by atoms with van der Waals surface area (Å²) in [5.74, 6) is 0.415. The maximum absolute atomic E-state index is 13.5. The van der Waals surface area contributed by atoms with Gasteiger partial charge in [0.05, 0.1) is 22.1 Å². The summed E-state index contributed by atoms with van der Waals surface area (Å²) in [6, 6.07) is 10.7. The molecule has 1 unspecified atom stereocenters. The maximum atomic E-state index is 13.5. The molecule has 0 spiro atoms. The maximum Gasteiger partial charge on any atom is 0.281 e. The van der Waals surface area contributed by atoms with Crippen molar-refractivity contribution in [3.05, 3.63) is 87.9 Å². The number of ketones is 1. The Labute approximate surface area is 187 Å². The third kappa shape index (κ3) is 3.16. The van der Waals surface area contributed by atoms with Crippen LogP contribution in [0, 0.1) is 0 Å². The molecule has 0 saturated carbocycles. The SMILES string of the molecule is CC(=O)c1c[nH]c2ncnc(NC(C)c3cn4ccc(Cl)c4c(=O)n3-c3ccccc3)c12. The van der Waals surface area contributed by atoms with Crippen molar-refractivity contribution in [2.45, 2.75) is 19.9 Å². The highest BCUT2D eigenvalue weighted by atomic mass is 35.5. The van der Waals surface area contributed by atoms with Crippen LogP contribution in [0.5, 0.6) is 0 Å². The van der Waals surface area contributed by atoms with E-state index in [4.69, 9.17) is 11.6 Å². The summed E-state index contributed by atoms with van der Waals surface area (Å²) in [6.45, 7) is 3.43. The first-order valence-electron chi connectivity index (χ1n) is 10.0. The summed E-state index contributed by atoms with van der Waals surface area (Å²) < 4.78 is 3.37. The minimum Gasteiger partial charge on any atom is -0.361 e. The topological polar surface area (TPSA) is 97.1 Å². The molecule has 1 aromatic carbocycles. The van der Waals surface area contributed by atoms with E-state index < -0.39 is 0 Å². The highest BCUT2D eigenvalue weighted by Gasteiger charge is 2.21. The summed E-state index contributed by atoms with van der Waals surface area (Å²) in [5.41, 5.74) is 2.67. The highest BCUT2D eigenvalue weighted by Crippen LogP contribution is 2.28. The summed E-state index contributed by atoms with van der Waals surface area (Å²) >= 11 is 6.30. The number of H-pyrrole nitrogens is 1. The Morgan fingerprint density at radius 1 is 1.19 bits per heavy atom. The summed E-state index contributed by atoms with van der Waals surface area (Å²) in [4.78, 5) is 37.1. The van der Waals surface area contributed by atoms with Gasteiger partial charge in [-0.15, -0.1) is 0 Å². The molecule has 9 heteroatoms. The van der Waals surface area contributed by atoms with Crippen LogP contribution < -0.4 is 10.9 Å². The molecule has 0 amide bonds. The molecule has 0 bridgehead atoms. The third-order valence-corrected chi connectivity index (χ3v) is 5.77. The van der Waals surface area contributed by atoms with Crippen LogP contribution in [0.15, 0.2) is 66.1 Å². The highest BCUT2D eigenvalue weighted by molar-refractivity contribution is 6.33. The number of para-hydroxylation sites is 1. The molecule has 0 radical (unpaired) electrons. The Balaban J connectivity index is 1.69. The van der Waals surface area contributed by atoms with Crippen molar-refractivity contribution in [2.75, 3.05) is 5.32 Å². The zero-order valence-corrected chi connectivity index (χ0v) is 18.1.